The second kappa shape index (κ2) is 6.87. The molecule has 2 heterocycles. The fourth-order valence-corrected chi connectivity index (χ4v) is 3.75. The number of hydrogen-bond acceptors (Lipinski definition) is 3. The molecule has 0 saturated heterocycles. The number of halogens is 1. The van der Waals surface area contributed by atoms with E-state index in [9.17, 15) is 0 Å². The molecule has 0 aliphatic heterocycles. The van der Waals surface area contributed by atoms with Crippen LogP contribution in [0, 0.1) is 13.8 Å². The summed E-state index contributed by atoms with van der Waals surface area (Å²) in [5.41, 5.74) is 3.83. The maximum Gasteiger partial charge on any atom is 0.0755 e. The van der Waals surface area contributed by atoms with Crippen molar-refractivity contribution in [2.45, 2.75) is 46.7 Å². The summed E-state index contributed by atoms with van der Waals surface area (Å²) in [7, 11) is 0. The lowest BCUT2D eigenvalue weighted by molar-refractivity contribution is 0.588. The molecule has 2 aromatic heterocycles. The summed E-state index contributed by atoms with van der Waals surface area (Å²) < 4.78 is 3.28. The van der Waals surface area contributed by atoms with Crippen LogP contribution in [-0.2, 0) is 13.0 Å². The van der Waals surface area contributed by atoms with Crippen LogP contribution in [0.5, 0.6) is 0 Å². The lowest BCUT2D eigenvalue weighted by Crippen LogP contribution is -2.25. The van der Waals surface area contributed by atoms with E-state index >= 15 is 0 Å². The van der Waals surface area contributed by atoms with Crippen molar-refractivity contribution in [3.63, 3.8) is 0 Å². The molecule has 3 nitrogen and oxygen atoms in total. The Kier molecular flexibility index (Phi) is 5.41. The number of nitrogens with one attached hydrogen (secondary N) is 1. The highest BCUT2D eigenvalue weighted by Gasteiger charge is 2.12. The second-order valence-corrected chi connectivity index (χ2v) is 7.31. The van der Waals surface area contributed by atoms with E-state index in [2.05, 4.69) is 65.1 Å². The van der Waals surface area contributed by atoms with Gasteiger partial charge in [-0.15, -0.1) is 11.3 Å². The van der Waals surface area contributed by atoms with Crippen molar-refractivity contribution in [1.82, 2.24) is 15.1 Å². The monoisotopic (exact) mass is 355 g/mol. The van der Waals surface area contributed by atoms with Crippen LogP contribution in [0.25, 0.3) is 0 Å². The van der Waals surface area contributed by atoms with E-state index in [0.717, 1.165) is 29.7 Å². The summed E-state index contributed by atoms with van der Waals surface area (Å²) in [6.07, 6.45) is 1.05. The summed E-state index contributed by atoms with van der Waals surface area (Å²) in [6.45, 7) is 10.5. The standard InChI is InChI=1S/C15H22BrN3S/c1-10(2)17-6-5-15-11(3)18-19(12(15)4)8-14-7-13(16)9-20-14/h7,9-10,17H,5-6,8H2,1-4H3. The molecule has 0 radical (unpaired) electrons. The van der Waals surface area contributed by atoms with Gasteiger partial charge >= 0.3 is 0 Å². The molecule has 0 bridgehead atoms. The highest BCUT2D eigenvalue weighted by molar-refractivity contribution is 9.10. The molecule has 110 valence electrons. The Morgan fingerprint density at radius 3 is 2.75 bits per heavy atom. The number of aryl methyl sites for hydroxylation is 1. The second-order valence-electron chi connectivity index (χ2n) is 5.40. The van der Waals surface area contributed by atoms with E-state index < -0.39 is 0 Å². The minimum Gasteiger partial charge on any atom is -0.314 e. The van der Waals surface area contributed by atoms with Gasteiger partial charge in [0.2, 0.25) is 0 Å². The average molecular weight is 356 g/mol. The molecule has 0 saturated carbocycles. The zero-order valence-electron chi connectivity index (χ0n) is 12.5. The van der Waals surface area contributed by atoms with E-state index in [1.54, 1.807) is 11.3 Å². The van der Waals surface area contributed by atoms with Crippen molar-refractivity contribution < 1.29 is 0 Å². The lowest BCUT2D eigenvalue weighted by atomic mass is 10.1. The van der Waals surface area contributed by atoms with E-state index in [1.165, 1.54) is 16.1 Å². The molecule has 1 N–H and O–H groups in total. The van der Waals surface area contributed by atoms with Gasteiger partial charge in [-0.25, -0.2) is 0 Å². The molecule has 2 aromatic rings. The Labute approximate surface area is 133 Å². The van der Waals surface area contributed by atoms with Crippen LogP contribution < -0.4 is 5.32 Å². The fraction of sp³-hybridized carbons (Fsp3) is 0.533. The molecular weight excluding hydrogens is 334 g/mol. The number of hydrogen-bond donors (Lipinski definition) is 1. The van der Waals surface area contributed by atoms with Crippen molar-refractivity contribution in [1.29, 1.82) is 0 Å². The first-order valence-electron chi connectivity index (χ1n) is 6.96. The highest BCUT2D eigenvalue weighted by Crippen LogP contribution is 2.22. The normalized spacial score (nSPS) is 11.5. The number of rotatable bonds is 6. The molecule has 0 aliphatic rings. The Morgan fingerprint density at radius 2 is 2.15 bits per heavy atom. The van der Waals surface area contributed by atoms with Crippen LogP contribution in [0.2, 0.25) is 0 Å². The smallest absolute Gasteiger partial charge is 0.0755 e. The van der Waals surface area contributed by atoms with Crippen LogP contribution >= 0.6 is 27.3 Å². The van der Waals surface area contributed by atoms with E-state index in [1.807, 2.05) is 0 Å². The summed E-state index contributed by atoms with van der Waals surface area (Å²) in [5.74, 6) is 0. The van der Waals surface area contributed by atoms with Gasteiger partial charge in [0.15, 0.2) is 0 Å². The maximum atomic E-state index is 4.69. The first-order valence-corrected chi connectivity index (χ1v) is 8.63. The predicted molar refractivity (Wildman–Crippen MR) is 89.7 cm³/mol. The first kappa shape index (κ1) is 15.7. The van der Waals surface area contributed by atoms with Gasteiger partial charge in [0.05, 0.1) is 12.2 Å². The summed E-state index contributed by atoms with van der Waals surface area (Å²) >= 11 is 5.27. The van der Waals surface area contributed by atoms with Gasteiger partial charge in [0.1, 0.15) is 0 Å². The quantitative estimate of drug-likeness (QED) is 0.850. The summed E-state index contributed by atoms with van der Waals surface area (Å²) in [6, 6.07) is 2.70. The van der Waals surface area contributed by atoms with Gasteiger partial charge in [-0.05, 0) is 54.4 Å². The van der Waals surface area contributed by atoms with Crippen LogP contribution in [0.1, 0.15) is 35.7 Å². The number of nitrogens with zero attached hydrogens (tertiary/aromatic N) is 2. The zero-order chi connectivity index (χ0) is 14.7. The largest absolute Gasteiger partial charge is 0.314 e. The fourth-order valence-electron chi connectivity index (χ4n) is 2.32. The highest BCUT2D eigenvalue weighted by atomic mass is 79.9. The Bertz CT molecular complexity index is 572. The SMILES string of the molecule is Cc1nn(Cc2cc(Br)cs2)c(C)c1CCNC(C)C. The van der Waals surface area contributed by atoms with Gasteiger partial charge < -0.3 is 5.32 Å². The molecule has 0 fully saturated rings. The maximum absolute atomic E-state index is 4.69. The minimum atomic E-state index is 0.536. The van der Waals surface area contributed by atoms with Gasteiger partial charge in [-0.2, -0.15) is 5.10 Å². The Hall–Kier alpha value is -0.650. The van der Waals surface area contributed by atoms with Crippen molar-refractivity contribution >= 4 is 27.3 Å². The predicted octanol–water partition coefficient (Wildman–Crippen LogP) is 3.91. The molecule has 0 aromatic carbocycles. The molecule has 0 aliphatic carbocycles. The van der Waals surface area contributed by atoms with Crippen LogP contribution in [0.15, 0.2) is 15.9 Å². The zero-order valence-corrected chi connectivity index (χ0v) is 14.9. The molecule has 2 rings (SSSR count). The van der Waals surface area contributed by atoms with Crippen molar-refractivity contribution in [2.75, 3.05) is 6.54 Å². The third-order valence-corrected chi connectivity index (χ3v) is 5.07. The third-order valence-electron chi connectivity index (χ3n) is 3.39. The van der Waals surface area contributed by atoms with E-state index in [0.29, 0.717) is 6.04 Å². The molecule has 0 spiro atoms. The van der Waals surface area contributed by atoms with Crippen LogP contribution in [0.4, 0.5) is 0 Å². The lowest BCUT2D eigenvalue weighted by Gasteiger charge is -2.08. The first-order chi connectivity index (χ1) is 9.47. The van der Waals surface area contributed by atoms with Crippen LogP contribution in [0.3, 0.4) is 0 Å². The third kappa shape index (κ3) is 3.93. The van der Waals surface area contributed by atoms with Crippen molar-refractivity contribution in [3.05, 3.63) is 37.7 Å². The van der Waals surface area contributed by atoms with E-state index in [-0.39, 0.29) is 0 Å². The van der Waals surface area contributed by atoms with Gasteiger partial charge in [0, 0.05) is 26.5 Å². The molecular formula is C15H22BrN3S. The Morgan fingerprint density at radius 1 is 1.40 bits per heavy atom. The number of thiophene rings is 1. The topological polar surface area (TPSA) is 29.9 Å². The van der Waals surface area contributed by atoms with Crippen molar-refractivity contribution in [3.8, 4) is 0 Å². The average Bonchev–Trinajstić information content (AvgIpc) is 2.88. The van der Waals surface area contributed by atoms with Crippen molar-refractivity contribution in [2.24, 2.45) is 0 Å². The van der Waals surface area contributed by atoms with Gasteiger partial charge in [0.25, 0.3) is 0 Å². The molecule has 20 heavy (non-hydrogen) atoms. The molecule has 0 atom stereocenters. The summed E-state index contributed by atoms with van der Waals surface area (Å²) in [4.78, 5) is 1.33. The summed E-state index contributed by atoms with van der Waals surface area (Å²) in [5, 5.41) is 10.3. The molecule has 0 unspecified atom stereocenters. The van der Waals surface area contributed by atoms with Gasteiger partial charge in [-0.1, -0.05) is 13.8 Å². The van der Waals surface area contributed by atoms with E-state index in [4.69, 9.17) is 5.10 Å². The molecule has 5 heteroatoms. The number of aromatic nitrogens is 2. The minimum absolute atomic E-state index is 0.536. The Balaban J connectivity index is 2.08. The van der Waals surface area contributed by atoms with Gasteiger partial charge in [-0.3, -0.25) is 4.68 Å². The molecule has 0 amide bonds. The van der Waals surface area contributed by atoms with Crippen LogP contribution in [-0.4, -0.2) is 22.4 Å².